The van der Waals surface area contributed by atoms with Crippen molar-refractivity contribution >= 4 is 17.4 Å². The molecule has 0 aliphatic rings. The van der Waals surface area contributed by atoms with Crippen LogP contribution in [0.1, 0.15) is 24.0 Å². The van der Waals surface area contributed by atoms with Gasteiger partial charge in [0.05, 0.1) is 17.2 Å². The van der Waals surface area contributed by atoms with Crippen LogP contribution in [0.15, 0.2) is 5.38 Å². The van der Waals surface area contributed by atoms with Gasteiger partial charge in [0.25, 0.3) is 0 Å². The lowest BCUT2D eigenvalue weighted by Crippen LogP contribution is -2.35. The van der Waals surface area contributed by atoms with E-state index in [1.165, 1.54) is 0 Å². The van der Waals surface area contributed by atoms with Crippen LogP contribution in [0.25, 0.3) is 0 Å². The van der Waals surface area contributed by atoms with Gasteiger partial charge in [0, 0.05) is 18.5 Å². The molecular weight excluding hydrogens is 226 g/mol. The van der Waals surface area contributed by atoms with Crippen molar-refractivity contribution in [2.45, 2.75) is 26.3 Å². The average Bonchev–Trinajstić information content (AvgIpc) is 2.74. The zero-order chi connectivity index (χ0) is 11.8. The summed E-state index contributed by atoms with van der Waals surface area (Å²) in [6, 6.07) is -0.223. The summed E-state index contributed by atoms with van der Waals surface area (Å²) in [6.07, 6.45) is 1.50. The van der Waals surface area contributed by atoms with Crippen LogP contribution >= 0.6 is 11.3 Å². The van der Waals surface area contributed by atoms with Gasteiger partial charge in [-0.2, -0.15) is 0 Å². The van der Waals surface area contributed by atoms with Gasteiger partial charge in [0.2, 0.25) is 0 Å². The van der Waals surface area contributed by atoms with E-state index in [-0.39, 0.29) is 12.6 Å². The summed E-state index contributed by atoms with van der Waals surface area (Å²) in [4.78, 5) is 15.6. The minimum absolute atomic E-state index is 0.0895. The second-order valence-electron chi connectivity index (χ2n) is 3.27. The maximum atomic E-state index is 11.2. The molecule has 0 saturated carbocycles. The van der Waals surface area contributed by atoms with Crippen LogP contribution in [-0.2, 0) is 13.0 Å². The van der Waals surface area contributed by atoms with Gasteiger partial charge >= 0.3 is 6.03 Å². The minimum Gasteiger partial charge on any atom is -0.396 e. The van der Waals surface area contributed by atoms with Crippen LogP contribution in [0.5, 0.6) is 0 Å². The van der Waals surface area contributed by atoms with Crippen molar-refractivity contribution in [3.05, 3.63) is 16.1 Å². The third-order valence-corrected chi connectivity index (χ3v) is 2.99. The molecule has 1 heterocycles. The minimum atomic E-state index is -0.223. The van der Waals surface area contributed by atoms with Gasteiger partial charge in [-0.05, 0) is 12.8 Å². The average molecular weight is 243 g/mol. The van der Waals surface area contributed by atoms with Gasteiger partial charge in [-0.1, -0.05) is 6.92 Å². The summed E-state index contributed by atoms with van der Waals surface area (Å²) in [5.41, 5.74) is 0.888. The Bertz CT molecular complexity index is 328. The fourth-order valence-corrected chi connectivity index (χ4v) is 1.85. The zero-order valence-electron chi connectivity index (χ0n) is 9.32. The molecule has 1 aromatic heterocycles. The second-order valence-corrected chi connectivity index (χ2v) is 4.22. The first-order chi connectivity index (χ1) is 7.76. The molecule has 3 N–H and O–H groups in total. The predicted octanol–water partition coefficient (Wildman–Crippen LogP) is 0.887. The standard InChI is InChI=1S/C10H17N3O2S/c1-2-9-13-8(7-16-9)6-12-10(15)11-4-3-5-14/h7,14H,2-6H2,1H3,(H2,11,12,15). The molecule has 16 heavy (non-hydrogen) atoms. The summed E-state index contributed by atoms with van der Waals surface area (Å²) >= 11 is 1.61. The molecule has 0 unspecified atom stereocenters. The van der Waals surface area contributed by atoms with Gasteiger partial charge in [-0.15, -0.1) is 11.3 Å². The van der Waals surface area contributed by atoms with Crippen molar-refractivity contribution in [3.63, 3.8) is 0 Å². The Morgan fingerprint density at radius 2 is 2.38 bits per heavy atom. The second kappa shape index (κ2) is 7.19. The highest BCUT2D eigenvalue weighted by Gasteiger charge is 2.02. The lowest BCUT2D eigenvalue weighted by Gasteiger charge is -2.04. The monoisotopic (exact) mass is 243 g/mol. The molecule has 0 aliphatic heterocycles. The van der Waals surface area contributed by atoms with Crippen molar-refractivity contribution < 1.29 is 9.90 Å². The van der Waals surface area contributed by atoms with Crippen molar-refractivity contribution in [1.29, 1.82) is 0 Å². The first-order valence-electron chi connectivity index (χ1n) is 5.32. The Labute approximate surface area is 98.9 Å². The number of hydrogen-bond acceptors (Lipinski definition) is 4. The van der Waals surface area contributed by atoms with Crippen molar-refractivity contribution in [1.82, 2.24) is 15.6 Å². The molecular formula is C10H17N3O2S. The number of carbonyl (C=O) groups excluding carboxylic acids is 1. The van der Waals surface area contributed by atoms with Crippen LogP contribution in [0, 0.1) is 0 Å². The quantitative estimate of drug-likeness (QED) is 0.649. The maximum Gasteiger partial charge on any atom is 0.315 e. The van der Waals surface area contributed by atoms with Gasteiger partial charge in [0.15, 0.2) is 0 Å². The van der Waals surface area contributed by atoms with Crippen LogP contribution < -0.4 is 10.6 Å². The van der Waals surface area contributed by atoms with E-state index in [1.54, 1.807) is 11.3 Å². The molecule has 0 aliphatic carbocycles. The highest BCUT2D eigenvalue weighted by Crippen LogP contribution is 2.09. The Balaban J connectivity index is 2.20. The normalized spacial score (nSPS) is 10.1. The van der Waals surface area contributed by atoms with E-state index in [0.717, 1.165) is 17.1 Å². The first-order valence-corrected chi connectivity index (χ1v) is 6.20. The van der Waals surface area contributed by atoms with E-state index in [1.807, 2.05) is 5.38 Å². The summed E-state index contributed by atoms with van der Waals surface area (Å²) in [6.45, 7) is 3.07. The highest BCUT2D eigenvalue weighted by molar-refractivity contribution is 7.09. The molecule has 1 aromatic rings. The molecule has 90 valence electrons. The van der Waals surface area contributed by atoms with E-state index < -0.39 is 0 Å². The molecule has 0 bridgehead atoms. The maximum absolute atomic E-state index is 11.2. The Kier molecular flexibility index (Phi) is 5.81. The number of aromatic nitrogens is 1. The topological polar surface area (TPSA) is 74.2 Å². The Morgan fingerprint density at radius 1 is 1.56 bits per heavy atom. The molecule has 0 saturated heterocycles. The predicted molar refractivity (Wildman–Crippen MR) is 63.4 cm³/mol. The number of nitrogens with one attached hydrogen (secondary N) is 2. The number of aliphatic hydroxyl groups is 1. The smallest absolute Gasteiger partial charge is 0.315 e. The number of nitrogens with zero attached hydrogens (tertiary/aromatic N) is 1. The third kappa shape index (κ3) is 4.59. The summed E-state index contributed by atoms with van der Waals surface area (Å²) in [5.74, 6) is 0. The Hall–Kier alpha value is -1.14. The van der Waals surface area contributed by atoms with E-state index in [0.29, 0.717) is 19.5 Å². The van der Waals surface area contributed by atoms with Crippen LogP contribution in [0.2, 0.25) is 0 Å². The number of aryl methyl sites for hydroxylation is 1. The summed E-state index contributed by atoms with van der Waals surface area (Å²) < 4.78 is 0. The lowest BCUT2D eigenvalue weighted by molar-refractivity contribution is 0.237. The SMILES string of the molecule is CCc1nc(CNC(=O)NCCCO)cs1. The van der Waals surface area contributed by atoms with Gasteiger partial charge in [0.1, 0.15) is 0 Å². The van der Waals surface area contributed by atoms with E-state index >= 15 is 0 Å². The molecule has 5 nitrogen and oxygen atoms in total. The molecule has 0 aromatic carbocycles. The van der Waals surface area contributed by atoms with Gasteiger partial charge < -0.3 is 15.7 Å². The first kappa shape index (κ1) is 12.9. The number of thiazole rings is 1. The number of aliphatic hydroxyl groups excluding tert-OH is 1. The van der Waals surface area contributed by atoms with Crippen molar-refractivity contribution in [3.8, 4) is 0 Å². The van der Waals surface area contributed by atoms with Crippen LogP contribution in [-0.4, -0.2) is 29.3 Å². The van der Waals surface area contributed by atoms with Crippen molar-refractivity contribution in [2.24, 2.45) is 0 Å². The molecule has 0 spiro atoms. The van der Waals surface area contributed by atoms with E-state index in [9.17, 15) is 4.79 Å². The molecule has 0 radical (unpaired) electrons. The molecule has 0 fully saturated rings. The number of carbonyl (C=O) groups is 1. The summed E-state index contributed by atoms with van der Waals surface area (Å²) in [5, 5.41) is 16.9. The third-order valence-electron chi connectivity index (χ3n) is 1.95. The Morgan fingerprint density at radius 3 is 3.00 bits per heavy atom. The molecule has 2 amide bonds. The molecule has 6 heteroatoms. The van der Waals surface area contributed by atoms with E-state index in [4.69, 9.17) is 5.11 Å². The summed E-state index contributed by atoms with van der Waals surface area (Å²) in [7, 11) is 0. The van der Waals surface area contributed by atoms with Crippen molar-refractivity contribution in [2.75, 3.05) is 13.2 Å². The van der Waals surface area contributed by atoms with Crippen LogP contribution in [0.3, 0.4) is 0 Å². The van der Waals surface area contributed by atoms with Crippen LogP contribution in [0.4, 0.5) is 4.79 Å². The van der Waals surface area contributed by atoms with E-state index in [2.05, 4.69) is 22.5 Å². The number of hydrogen-bond donors (Lipinski definition) is 3. The molecule has 0 atom stereocenters. The number of amides is 2. The highest BCUT2D eigenvalue weighted by atomic mass is 32.1. The largest absolute Gasteiger partial charge is 0.396 e. The van der Waals surface area contributed by atoms with Gasteiger partial charge in [-0.3, -0.25) is 0 Å². The number of urea groups is 1. The number of rotatable bonds is 6. The fraction of sp³-hybridized carbons (Fsp3) is 0.600. The molecule has 1 rings (SSSR count). The lowest BCUT2D eigenvalue weighted by atomic mass is 10.4. The zero-order valence-corrected chi connectivity index (χ0v) is 10.1. The van der Waals surface area contributed by atoms with Gasteiger partial charge in [-0.25, -0.2) is 9.78 Å². The fourth-order valence-electron chi connectivity index (χ4n) is 1.11.